The van der Waals surface area contributed by atoms with Gasteiger partial charge < -0.3 is 14.2 Å². The fraction of sp³-hybridized carbons (Fsp3) is 0.833. The lowest BCUT2D eigenvalue weighted by molar-refractivity contribution is -0.225. The van der Waals surface area contributed by atoms with Gasteiger partial charge in [-0.2, -0.15) is 0 Å². The van der Waals surface area contributed by atoms with Gasteiger partial charge >= 0.3 is 0 Å². The highest BCUT2D eigenvalue weighted by atomic mass is 16.7. The Morgan fingerprint density at radius 1 is 1.13 bits per heavy atom. The molecular weight excluding hydrogens is 192 g/mol. The minimum Gasteiger partial charge on any atom is -0.502 e. The summed E-state index contributed by atoms with van der Waals surface area (Å²) in [6.45, 7) is 9.93. The van der Waals surface area contributed by atoms with Gasteiger partial charge in [-0.05, 0) is 34.1 Å². The van der Waals surface area contributed by atoms with E-state index in [1.807, 2.05) is 33.8 Å². The summed E-state index contributed by atoms with van der Waals surface area (Å²) in [6, 6.07) is 0. The van der Waals surface area contributed by atoms with Crippen molar-refractivity contribution >= 4 is 0 Å². The zero-order valence-corrected chi connectivity index (χ0v) is 10.4. The van der Waals surface area contributed by atoms with Crippen LogP contribution < -0.4 is 0 Å². The summed E-state index contributed by atoms with van der Waals surface area (Å²) < 4.78 is 16.4. The predicted molar refractivity (Wildman–Crippen MR) is 61.7 cm³/mol. The quantitative estimate of drug-likeness (QED) is 0.337. The van der Waals surface area contributed by atoms with Crippen LogP contribution in [0.3, 0.4) is 0 Å². The van der Waals surface area contributed by atoms with Crippen LogP contribution in [0, 0.1) is 0 Å². The lowest BCUT2D eigenvalue weighted by Crippen LogP contribution is -2.32. The Balaban J connectivity index is 3.74. The van der Waals surface area contributed by atoms with Crippen LogP contribution in [-0.2, 0) is 14.2 Å². The third-order valence-corrected chi connectivity index (χ3v) is 2.02. The number of ether oxygens (including phenoxy) is 3. The highest BCUT2D eigenvalue weighted by molar-refractivity contribution is 4.67. The van der Waals surface area contributed by atoms with Crippen LogP contribution in [0.15, 0.2) is 12.3 Å². The van der Waals surface area contributed by atoms with Crippen LogP contribution >= 0.6 is 0 Å². The van der Waals surface area contributed by atoms with Crippen molar-refractivity contribution in [2.75, 3.05) is 19.8 Å². The molecule has 0 fully saturated rings. The lowest BCUT2D eigenvalue weighted by atomic mass is 10.1. The van der Waals surface area contributed by atoms with Crippen LogP contribution in [-0.4, -0.2) is 25.6 Å². The number of rotatable bonds is 9. The first-order valence-electron chi connectivity index (χ1n) is 5.69. The first-order valence-corrected chi connectivity index (χ1v) is 5.69. The Hall–Kier alpha value is -0.540. The molecule has 0 spiro atoms. The van der Waals surface area contributed by atoms with Gasteiger partial charge in [-0.25, -0.2) is 0 Å². The molecule has 0 amide bonds. The van der Waals surface area contributed by atoms with Gasteiger partial charge in [0, 0.05) is 19.6 Å². The first kappa shape index (κ1) is 14.5. The molecule has 0 bridgehead atoms. The normalized spacial score (nSPS) is 12.3. The van der Waals surface area contributed by atoms with Gasteiger partial charge in [0.1, 0.15) is 0 Å². The van der Waals surface area contributed by atoms with E-state index in [1.165, 1.54) is 0 Å². The molecule has 15 heavy (non-hydrogen) atoms. The zero-order chi connectivity index (χ0) is 11.6. The molecule has 0 saturated carbocycles. The van der Waals surface area contributed by atoms with E-state index in [-0.39, 0.29) is 0 Å². The van der Waals surface area contributed by atoms with Crippen molar-refractivity contribution in [3.63, 3.8) is 0 Å². The van der Waals surface area contributed by atoms with Crippen molar-refractivity contribution < 1.29 is 14.2 Å². The number of hydrogen-bond donors (Lipinski definition) is 0. The Kier molecular flexibility index (Phi) is 8.43. The second-order valence-electron chi connectivity index (χ2n) is 3.44. The maximum absolute atomic E-state index is 5.58. The lowest BCUT2D eigenvalue weighted by Gasteiger charge is -2.29. The third kappa shape index (κ3) is 7.40. The molecule has 3 heteroatoms. The minimum atomic E-state index is -0.456. The van der Waals surface area contributed by atoms with Crippen molar-refractivity contribution in [2.24, 2.45) is 0 Å². The summed E-state index contributed by atoms with van der Waals surface area (Å²) in [5, 5.41) is 0. The van der Waals surface area contributed by atoms with Crippen LogP contribution in [0.5, 0.6) is 0 Å². The third-order valence-electron chi connectivity index (χ3n) is 2.02. The van der Waals surface area contributed by atoms with Gasteiger partial charge in [-0.15, -0.1) is 0 Å². The Morgan fingerprint density at radius 3 is 2.20 bits per heavy atom. The largest absolute Gasteiger partial charge is 0.502 e. The molecule has 0 aliphatic carbocycles. The van der Waals surface area contributed by atoms with Gasteiger partial charge in [-0.3, -0.25) is 0 Å². The first-order chi connectivity index (χ1) is 7.18. The highest BCUT2D eigenvalue weighted by Crippen LogP contribution is 2.19. The molecule has 0 N–H and O–H groups in total. The van der Waals surface area contributed by atoms with Gasteiger partial charge in [0.25, 0.3) is 0 Å². The van der Waals surface area contributed by atoms with E-state index in [1.54, 1.807) is 6.26 Å². The molecule has 90 valence electrons. The smallest absolute Gasteiger partial charge is 0.165 e. The Morgan fingerprint density at radius 2 is 1.73 bits per heavy atom. The summed E-state index contributed by atoms with van der Waals surface area (Å²) in [5.41, 5.74) is 0. The highest BCUT2D eigenvalue weighted by Gasteiger charge is 2.23. The summed E-state index contributed by atoms with van der Waals surface area (Å²) >= 11 is 0. The maximum Gasteiger partial charge on any atom is 0.165 e. The molecule has 3 nitrogen and oxygen atoms in total. The van der Waals surface area contributed by atoms with E-state index in [0.29, 0.717) is 19.8 Å². The summed E-state index contributed by atoms with van der Waals surface area (Å²) in [4.78, 5) is 0. The minimum absolute atomic E-state index is 0.456. The van der Waals surface area contributed by atoms with Crippen LogP contribution in [0.4, 0.5) is 0 Å². The second kappa shape index (κ2) is 8.74. The second-order valence-corrected chi connectivity index (χ2v) is 3.44. The molecule has 0 aliphatic heterocycles. The van der Waals surface area contributed by atoms with Crippen LogP contribution in [0.25, 0.3) is 0 Å². The van der Waals surface area contributed by atoms with Gasteiger partial charge in [0.2, 0.25) is 0 Å². The number of allylic oxidation sites excluding steroid dienone is 1. The van der Waals surface area contributed by atoms with E-state index in [0.717, 1.165) is 12.8 Å². The zero-order valence-electron chi connectivity index (χ0n) is 10.4. The molecule has 0 aromatic carbocycles. The molecule has 0 saturated heterocycles. The van der Waals surface area contributed by atoms with Crippen molar-refractivity contribution in [2.45, 2.75) is 46.3 Å². The molecular formula is C12H24O3. The van der Waals surface area contributed by atoms with Gasteiger partial charge in [-0.1, -0.05) is 6.08 Å². The van der Waals surface area contributed by atoms with E-state index < -0.39 is 5.79 Å². The van der Waals surface area contributed by atoms with E-state index in [2.05, 4.69) is 0 Å². The van der Waals surface area contributed by atoms with Crippen molar-refractivity contribution in [1.82, 2.24) is 0 Å². The molecule has 0 aromatic rings. The molecule has 0 atom stereocenters. The van der Waals surface area contributed by atoms with Crippen molar-refractivity contribution in [3.05, 3.63) is 12.3 Å². The molecule has 0 heterocycles. The van der Waals surface area contributed by atoms with E-state index >= 15 is 0 Å². The Bertz CT molecular complexity index is 160. The van der Waals surface area contributed by atoms with Crippen LogP contribution in [0.1, 0.15) is 40.5 Å². The molecule has 0 radical (unpaired) electrons. The monoisotopic (exact) mass is 216 g/mol. The van der Waals surface area contributed by atoms with Gasteiger partial charge in [0.15, 0.2) is 5.79 Å². The predicted octanol–water partition coefficient (Wildman–Crippen LogP) is 3.11. The van der Waals surface area contributed by atoms with Crippen molar-refractivity contribution in [1.29, 1.82) is 0 Å². The van der Waals surface area contributed by atoms with E-state index in [4.69, 9.17) is 14.2 Å². The van der Waals surface area contributed by atoms with Crippen LogP contribution in [0.2, 0.25) is 0 Å². The molecule has 0 aliphatic rings. The average Bonchev–Trinajstić information content (AvgIpc) is 2.18. The molecule has 0 rings (SSSR count). The topological polar surface area (TPSA) is 27.7 Å². The SMILES string of the molecule is CC=COCCCC(C)(OCC)OCC. The van der Waals surface area contributed by atoms with Crippen molar-refractivity contribution in [3.8, 4) is 0 Å². The molecule has 0 aromatic heterocycles. The fourth-order valence-corrected chi connectivity index (χ4v) is 1.44. The maximum atomic E-state index is 5.58. The summed E-state index contributed by atoms with van der Waals surface area (Å²) in [6.07, 6.45) is 5.37. The Labute approximate surface area is 93.4 Å². The molecule has 0 unspecified atom stereocenters. The average molecular weight is 216 g/mol. The summed E-state index contributed by atoms with van der Waals surface area (Å²) in [7, 11) is 0. The standard InChI is InChI=1S/C12H24O3/c1-5-10-13-11-8-9-12(4,14-6-2)15-7-3/h5,10H,6-9,11H2,1-4H3. The van der Waals surface area contributed by atoms with Gasteiger partial charge in [0.05, 0.1) is 12.9 Å². The van der Waals surface area contributed by atoms with E-state index in [9.17, 15) is 0 Å². The number of hydrogen-bond acceptors (Lipinski definition) is 3. The fourth-order valence-electron chi connectivity index (χ4n) is 1.44. The summed E-state index contributed by atoms with van der Waals surface area (Å²) in [5.74, 6) is -0.456.